The standard InChI is InChI=1S/C14H24N2O3S/c17-14(16-6-8-20(18,19)9-7-16)15-13-10-12(13)11-4-2-1-3-5-11/h11-13H,1-10H2,(H,15,17). The van der Waals surface area contributed by atoms with E-state index in [1.54, 1.807) is 4.90 Å². The smallest absolute Gasteiger partial charge is 0.317 e. The number of rotatable bonds is 2. The Morgan fingerprint density at radius 1 is 1.05 bits per heavy atom. The summed E-state index contributed by atoms with van der Waals surface area (Å²) in [4.78, 5) is 13.8. The van der Waals surface area contributed by atoms with Gasteiger partial charge in [-0.2, -0.15) is 0 Å². The average Bonchev–Trinajstić information content (AvgIpc) is 3.19. The topological polar surface area (TPSA) is 66.5 Å². The zero-order valence-electron chi connectivity index (χ0n) is 11.9. The summed E-state index contributed by atoms with van der Waals surface area (Å²) < 4.78 is 22.7. The van der Waals surface area contributed by atoms with Gasteiger partial charge in [-0.05, 0) is 18.3 Å². The van der Waals surface area contributed by atoms with Gasteiger partial charge < -0.3 is 10.2 Å². The largest absolute Gasteiger partial charge is 0.335 e. The van der Waals surface area contributed by atoms with E-state index in [1.165, 1.54) is 32.1 Å². The zero-order valence-corrected chi connectivity index (χ0v) is 12.7. The van der Waals surface area contributed by atoms with Crippen molar-refractivity contribution in [2.45, 2.75) is 44.6 Å². The van der Waals surface area contributed by atoms with Crippen molar-refractivity contribution >= 4 is 15.9 Å². The third-order valence-corrected chi connectivity index (χ3v) is 6.64. The highest BCUT2D eigenvalue weighted by atomic mass is 32.2. The van der Waals surface area contributed by atoms with Crippen LogP contribution in [0.2, 0.25) is 0 Å². The second kappa shape index (κ2) is 5.54. The van der Waals surface area contributed by atoms with E-state index in [0.29, 0.717) is 25.0 Å². The number of hydrogen-bond acceptors (Lipinski definition) is 3. The van der Waals surface area contributed by atoms with E-state index in [0.717, 1.165) is 12.3 Å². The van der Waals surface area contributed by atoms with Gasteiger partial charge in [0, 0.05) is 19.1 Å². The molecule has 0 spiro atoms. The lowest BCUT2D eigenvalue weighted by Gasteiger charge is -2.27. The van der Waals surface area contributed by atoms with Crippen LogP contribution in [0.3, 0.4) is 0 Å². The first-order valence-electron chi connectivity index (χ1n) is 7.81. The SMILES string of the molecule is O=C(NC1CC1C1CCCCC1)N1CCS(=O)(=O)CC1. The van der Waals surface area contributed by atoms with E-state index in [4.69, 9.17) is 0 Å². The Labute approximate surface area is 121 Å². The fourth-order valence-electron chi connectivity index (χ4n) is 3.63. The van der Waals surface area contributed by atoms with Crippen molar-refractivity contribution in [3.63, 3.8) is 0 Å². The number of nitrogens with zero attached hydrogens (tertiary/aromatic N) is 1. The molecule has 2 amide bonds. The summed E-state index contributed by atoms with van der Waals surface area (Å²) in [5, 5.41) is 3.09. The Morgan fingerprint density at radius 2 is 1.70 bits per heavy atom. The van der Waals surface area contributed by atoms with Gasteiger partial charge in [0.2, 0.25) is 0 Å². The molecule has 1 N–H and O–H groups in total. The predicted molar refractivity (Wildman–Crippen MR) is 77.2 cm³/mol. The fourth-order valence-corrected chi connectivity index (χ4v) is 4.83. The highest BCUT2D eigenvalue weighted by molar-refractivity contribution is 7.91. The van der Waals surface area contributed by atoms with Crippen molar-refractivity contribution in [1.82, 2.24) is 10.2 Å². The summed E-state index contributed by atoms with van der Waals surface area (Å²) in [6.07, 6.45) is 7.79. The third kappa shape index (κ3) is 3.27. The highest BCUT2D eigenvalue weighted by Crippen LogP contribution is 2.44. The first kappa shape index (κ1) is 14.2. The first-order valence-corrected chi connectivity index (χ1v) is 9.63. The van der Waals surface area contributed by atoms with Crippen LogP contribution in [0.25, 0.3) is 0 Å². The quantitative estimate of drug-likeness (QED) is 0.838. The van der Waals surface area contributed by atoms with E-state index in [2.05, 4.69) is 5.32 Å². The number of hydrogen-bond donors (Lipinski definition) is 1. The van der Waals surface area contributed by atoms with Gasteiger partial charge in [-0.1, -0.05) is 32.1 Å². The van der Waals surface area contributed by atoms with Crippen LogP contribution in [-0.4, -0.2) is 50.0 Å². The number of urea groups is 1. The molecule has 1 aliphatic heterocycles. The Hall–Kier alpha value is -0.780. The molecule has 0 aromatic carbocycles. The van der Waals surface area contributed by atoms with Gasteiger partial charge in [0.15, 0.2) is 9.84 Å². The average molecular weight is 300 g/mol. The van der Waals surface area contributed by atoms with Crippen molar-refractivity contribution in [3.8, 4) is 0 Å². The molecule has 0 aromatic rings. The summed E-state index contributed by atoms with van der Waals surface area (Å²) in [6.45, 7) is 0.684. The summed E-state index contributed by atoms with van der Waals surface area (Å²) in [5.74, 6) is 1.69. The molecule has 0 bridgehead atoms. The van der Waals surface area contributed by atoms with Crippen LogP contribution in [0.1, 0.15) is 38.5 Å². The maximum atomic E-state index is 12.1. The van der Waals surface area contributed by atoms with Crippen molar-refractivity contribution in [3.05, 3.63) is 0 Å². The molecule has 114 valence electrons. The van der Waals surface area contributed by atoms with Gasteiger partial charge in [-0.25, -0.2) is 13.2 Å². The summed E-state index contributed by atoms with van der Waals surface area (Å²) >= 11 is 0. The summed E-state index contributed by atoms with van der Waals surface area (Å²) in [6, 6.07) is 0.271. The van der Waals surface area contributed by atoms with Crippen LogP contribution < -0.4 is 5.32 Å². The summed E-state index contributed by atoms with van der Waals surface area (Å²) in [5.41, 5.74) is 0. The molecule has 2 saturated carbocycles. The van der Waals surface area contributed by atoms with Crippen molar-refractivity contribution < 1.29 is 13.2 Å². The van der Waals surface area contributed by atoms with E-state index >= 15 is 0 Å². The van der Waals surface area contributed by atoms with Crippen molar-refractivity contribution in [1.29, 1.82) is 0 Å². The lowest BCUT2D eigenvalue weighted by molar-refractivity contribution is 0.200. The van der Waals surface area contributed by atoms with Crippen LogP contribution in [0, 0.1) is 11.8 Å². The molecule has 0 radical (unpaired) electrons. The molecule has 1 heterocycles. The highest BCUT2D eigenvalue weighted by Gasteiger charge is 2.44. The second-order valence-electron chi connectivity index (χ2n) is 6.49. The van der Waals surface area contributed by atoms with Gasteiger partial charge in [0.25, 0.3) is 0 Å². The number of carbonyl (C=O) groups is 1. The van der Waals surface area contributed by atoms with Gasteiger partial charge in [0.05, 0.1) is 11.5 Å². The molecule has 1 saturated heterocycles. The molecule has 3 rings (SSSR count). The minimum atomic E-state index is -2.91. The van der Waals surface area contributed by atoms with Crippen LogP contribution in [-0.2, 0) is 9.84 Å². The number of amides is 2. The molecular formula is C14H24N2O3S. The minimum Gasteiger partial charge on any atom is -0.335 e. The zero-order chi connectivity index (χ0) is 14.2. The maximum absolute atomic E-state index is 12.1. The third-order valence-electron chi connectivity index (χ3n) is 5.04. The van der Waals surface area contributed by atoms with E-state index in [1.807, 2.05) is 0 Å². The lowest BCUT2D eigenvalue weighted by atomic mass is 9.85. The van der Waals surface area contributed by atoms with Crippen LogP contribution in [0.15, 0.2) is 0 Å². The molecule has 6 heteroatoms. The number of carbonyl (C=O) groups excluding carboxylic acids is 1. The van der Waals surface area contributed by atoms with Gasteiger partial charge >= 0.3 is 6.03 Å². The Morgan fingerprint density at radius 3 is 2.35 bits per heavy atom. The fraction of sp³-hybridized carbons (Fsp3) is 0.929. The van der Waals surface area contributed by atoms with E-state index < -0.39 is 9.84 Å². The van der Waals surface area contributed by atoms with E-state index in [9.17, 15) is 13.2 Å². The Kier molecular flexibility index (Phi) is 3.93. The molecular weight excluding hydrogens is 276 g/mol. The van der Waals surface area contributed by atoms with Crippen LogP contribution >= 0.6 is 0 Å². The molecule has 0 aromatic heterocycles. The normalized spacial score (nSPS) is 33.7. The van der Waals surface area contributed by atoms with Crippen molar-refractivity contribution in [2.24, 2.45) is 11.8 Å². The molecule has 2 aliphatic carbocycles. The van der Waals surface area contributed by atoms with Gasteiger partial charge in [0.1, 0.15) is 0 Å². The van der Waals surface area contributed by atoms with Crippen LogP contribution in [0.5, 0.6) is 0 Å². The number of nitrogens with one attached hydrogen (secondary N) is 1. The second-order valence-corrected chi connectivity index (χ2v) is 8.80. The van der Waals surface area contributed by atoms with Gasteiger partial charge in [-0.3, -0.25) is 0 Å². The molecule has 5 nitrogen and oxygen atoms in total. The maximum Gasteiger partial charge on any atom is 0.317 e. The minimum absolute atomic E-state index is 0.0665. The first-order chi connectivity index (χ1) is 9.55. The van der Waals surface area contributed by atoms with E-state index in [-0.39, 0.29) is 17.5 Å². The summed E-state index contributed by atoms with van der Waals surface area (Å²) in [7, 11) is -2.91. The predicted octanol–water partition coefficient (Wildman–Crippen LogP) is 1.40. The monoisotopic (exact) mass is 300 g/mol. The lowest BCUT2D eigenvalue weighted by Crippen LogP contribution is -2.49. The van der Waals surface area contributed by atoms with Crippen LogP contribution in [0.4, 0.5) is 4.79 Å². The molecule has 3 fully saturated rings. The Balaban J connectivity index is 1.44. The Bertz CT molecular complexity index is 457. The molecule has 2 unspecified atom stereocenters. The number of sulfone groups is 1. The molecule has 20 heavy (non-hydrogen) atoms. The molecule has 3 aliphatic rings. The van der Waals surface area contributed by atoms with Crippen molar-refractivity contribution in [2.75, 3.05) is 24.6 Å². The molecule has 2 atom stereocenters. The van der Waals surface area contributed by atoms with Gasteiger partial charge in [-0.15, -0.1) is 0 Å².